The number of carbonyl (C=O) groups excluding carboxylic acids is 1. The molecule has 1 aliphatic rings. The summed E-state index contributed by atoms with van der Waals surface area (Å²) in [6, 6.07) is 0. The number of rotatable bonds is 5. The van der Waals surface area contributed by atoms with Gasteiger partial charge < -0.3 is 15.4 Å². The normalized spacial score (nSPS) is 19.3. The van der Waals surface area contributed by atoms with E-state index >= 15 is 0 Å². The summed E-state index contributed by atoms with van der Waals surface area (Å²) < 4.78 is 5.31. The van der Waals surface area contributed by atoms with E-state index in [1.807, 2.05) is 4.90 Å². The molecule has 0 saturated carbocycles. The first-order valence-electron chi connectivity index (χ1n) is 7.01. The quantitative estimate of drug-likeness (QED) is 0.813. The lowest BCUT2D eigenvalue weighted by Crippen LogP contribution is -2.59. The number of hydrogen-bond acceptors (Lipinski definition) is 3. The largest absolute Gasteiger partial charge is 0.381 e. The maximum Gasteiger partial charge on any atom is 0.242 e. The lowest BCUT2D eigenvalue weighted by atomic mass is 9.89. The van der Waals surface area contributed by atoms with E-state index in [-0.39, 0.29) is 5.91 Å². The fourth-order valence-corrected chi connectivity index (χ4v) is 2.39. The molecule has 0 aliphatic carbocycles. The van der Waals surface area contributed by atoms with Crippen LogP contribution in [-0.2, 0) is 9.53 Å². The van der Waals surface area contributed by atoms with Crippen molar-refractivity contribution < 1.29 is 9.53 Å². The first kappa shape index (κ1) is 15.4. The highest BCUT2D eigenvalue weighted by molar-refractivity contribution is 5.86. The van der Waals surface area contributed by atoms with Gasteiger partial charge in [-0.15, -0.1) is 0 Å². The molecule has 1 aliphatic heterocycles. The van der Waals surface area contributed by atoms with E-state index in [0.717, 1.165) is 13.1 Å². The molecule has 1 saturated heterocycles. The first-order chi connectivity index (χ1) is 8.35. The Hall–Kier alpha value is -0.610. The summed E-state index contributed by atoms with van der Waals surface area (Å²) in [6.07, 6.45) is 1.27. The number of nitrogens with two attached hydrogens (primary N) is 1. The summed E-state index contributed by atoms with van der Waals surface area (Å²) in [5, 5.41) is 0. The zero-order valence-corrected chi connectivity index (χ0v) is 12.2. The molecule has 0 spiro atoms. The Labute approximate surface area is 111 Å². The monoisotopic (exact) mass is 256 g/mol. The highest BCUT2D eigenvalue weighted by Gasteiger charge is 2.39. The third-order valence-corrected chi connectivity index (χ3v) is 3.27. The highest BCUT2D eigenvalue weighted by Crippen LogP contribution is 2.21. The van der Waals surface area contributed by atoms with Crippen LogP contribution >= 0.6 is 0 Å². The topological polar surface area (TPSA) is 55.6 Å². The van der Waals surface area contributed by atoms with Gasteiger partial charge in [0, 0.05) is 26.3 Å². The van der Waals surface area contributed by atoms with E-state index in [0.29, 0.717) is 37.9 Å². The van der Waals surface area contributed by atoms with Gasteiger partial charge in [-0.05, 0) is 24.7 Å². The second-order valence-corrected chi connectivity index (χ2v) is 6.27. The van der Waals surface area contributed by atoms with Crippen molar-refractivity contribution in [1.29, 1.82) is 0 Å². The molecule has 0 aromatic rings. The Morgan fingerprint density at radius 1 is 1.17 bits per heavy atom. The predicted molar refractivity (Wildman–Crippen MR) is 73.2 cm³/mol. The molecule has 106 valence electrons. The van der Waals surface area contributed by atoms with Gasteiger partial charge in [0.2, 0.25) is 5.91 Å². The van der Waals surface area contributed by atoms with E-state index in [4.69, 9.17) is 10.5 Å². The number of hydrogen-bond donors (Lipinski definition) is 1. The van der Waals surface area contributed by atoms with E-state index in [1.54, 1.807) is 0 Å². The molecular formula is C14H28N2O2. The summed E-state index contributed by atoms with van der Waals surface area (Å²) in [5.41, 5.74) is 5.58. The smallest absolute Gasteiger partial charge is 0.242 e. The SMILES string of the molecule is CC(C)CN(CC(C)C)C(=O)C1(N)CCOCC1. The Balaban J connectivity index is 2.73. The zero-order chi connectivity index (χ0) is 13.8. The molecule has 1 rings (SSSR count). The van der Waals surface area contributed by atoms with Gasteiger partial charge in [-0.1, -0.05) is 27.7 Å². The molecule has 18 heavy (non-hydrogen) atoms. The standard InChI is InChI=1S/C14H28N2O2/c1-11(2)9-16(10-12(3)4)13(17)14(15)5-7-18-8-6-14/h11-12H,5-10,15H2,1-4H3. The molecule has 1 heterocycles. The van der Waals surface area contributed by atoms with Crippen LogP contribution in [0.2, 0.25) is 0 Å². The summed E-state index contributed by atoms with van der Waals surface area (Å²) in [5.74, 6) is 1.04. The van der Waals surface area contributed by atoms with Crippen molar-refractivity contribution in [3.63, 3.8) is 0 Å². The molecule has 0 aromatic carbocycles. The summed E-state index contributed by atoms with van der Waals surface area (Å²) in [4.78, 5) is 14.6. The predicted octanol–water partition coefficient (Wildman–Crippen LogP) is 1.63. The van der Waals surface area contributed by atoms with Crippen molar-refractivity contribution in [2.45, 2.75) is 46.1 Å². The van der Waals surface area contributed by atoms with Crippen molar-refractivity contribution in [3.05, 3.63) is 0 Å². The molecule has 1 fully saturated rings. The van der Waals surface area contributed by atoms with Crippen LogP contribution < -0.4 is 5.73 Å². The summed E-state index contributed by atoms with van der Waals surface area (Å²) in [6.45, 7) is 11.3. The Morgan fingerprint density at radius 3 is 2.00 bits per heavy atom. The minimum atomic E-state index is -0.706. The molecule has 0 atom stereocenters. The molecular weight excluding hydrogens is 228 g/mol. The van der Waals surface area contributed by atoms with Gasteiger partial charge in [-0.2, -0.15) is 0 Å². The minimum Gasteiger partial charge on any atom is -0.381 e. The summed E-state index contributed by atoms with van der Waals surface area (Å²) >= 11 is 0. The lowest BCUT2D eigenvalue weighted by molar-refractivity contribution is -0.141. The van der Waals surface area contributed by atoms with E-state index in [2.05, 4.69) is 27.7 Å². The fourth-order valence-electron chi connectivity index (χ4n) is 2.39. The van der Waals surface area contributed by atoms with Gasteiger partial charge >= 0.3 is 0 Å². The highest BCUT2D eigenvalue weighted by atomic mass is 16.5. The van der Waals surface area contributed by atoms with Crippen molar-refractivity contribution in [1.82, 2.24) is 4.90 Å². The van der Waals surface area contributed by atoms with Crippen LogP contribution in [0.15, 0.2) is 0 Å². The van der Waals surface area contributed by atoms with Crippen LogP contribution in [0.3, 0.4) is 0 Å². The first-order valence-corrected chi connectivity index (χ1v) is 7.01. The number of ether oxygens (including phenoxy) is 1. The van der Waals surface area contributed by atoms with Gasteiger partial charge in [-0.3, -0.25) is 4.79 Å². The lowest BCUT2D eigenvalue weighted by Gasteiger charge is -2.38. The molecule has 4 heteroatoms. The Bertz CT molecular complexity index is 261. The number of amides is 1. The van der Waals surface area contributed by atoms with E-state index in [9.17, 15) is 4.79 Å². The Kier molecular flexibility index (Phi) is 5.60. The molecule has 0 radical (unpaired) electrons. The van der Waals surface area contributed by atoms with Crippen LogP contribution in [-0.4, -0.2) is 42.6 Å². The Morgan fingerprint density at radius 2 is 1.61 bits per heavy atom. The summed E-state index contributed by atoms with van der Waals surface area (Å²) in [7, 11) is 0. The van der Waals surface area contributed by atoms with Crippen molar-refractivity contribution in [3.8, 4) is 0 Å². The average Bonchev–Trinajstić information content (AvgIpc) is 2.27. The maximum absolute atomic E-state index is 12.6. The second-order valence-electron chi connectivity index (χ2n) is 6.27. The third-order valence-electron chi connectivity index (χ3n) is 3.27. The third kappa shape index (κ3) is 4.25. The van der Waals surface area contributed by atoms with Gasteiger partial charge in [0.05, 0.1) is 5.54 Å². The molecule has 0 unspecified atom stereocenters. The van der Waals surface area contributed by atoms with Crippen LogP contribution in [0, 0.1) is 11.8 Å². The van der Waals surface area contributed by atoms with E-state index in [1.165, 1.54) is 0 Å². The molecule has 1 amide bonds. The van der Waals surface area contributed by atoms with Crippen LogP contribution in [0.4, 0.5) is 0 Å². The van der Waals surface area contributed by atoms with Gasteiger partial charge in [-0.25, -0.2) is 0 Å². The van der Waals surface area contributed by atoms with Crippen molar-refractivity contribution in [2.24, 2.45) is 17.6 Å². The van der Waals surface area contributed by atoms with Crippen molar-refractivity contribution >= 4 is 5.91 Å². The number of carbonyl (C=O) groups is 1. The zero-order valence-electron chi connectivity index (χ0n) is 12.2. The number of nitrogens with zero attached hydrogens (tertiary/aromatic N) is 1. The minimum absolute atomic E-state index is 0.105. The van der Waals surface area contributed by atoms with Crippen LogP contribution in [0.1, 0.15) is 40.5 Å². The molecule has 0 aromatic heterocycles. The maximum atomic E-state index is 12.6. The van der Waals surface area contributed by atoms with Gasteiger partial charge in [0.15, 0.2) is 0 Å². The second kappa shape index (κ2) is 6.53. The average molecular weight is 256 g/mol. The molecule has 4 nitrogen and oxygen atoms in total. The van der Waals surface area contributed by atoms with Crippen LogP contribution in [0.5, 0.6) is 0 Å². The van der Waals surface area contributed by atoms with Gasteiger partial charge in [0.25, 0.3) is 0 Å². The molecule has 2 N–H and O–H groups in total. The fraction of sp³-hybridized carbons (Fsp3) is 0.929. The van der Waals surface area contributed by atoms with Crippen LogP contribution in [0.25, 0.3) is 0 Å². The van der Waals surface area contributed by atoms with E-state index < -0.39 is 5.54 Å². The molecule has 0 bridgehead atoms. The van der Waals surface area contributed by atoms with Crippen molar-refractivity contribution in [2.75, 3.05) is 26.3 Å². The van der Waals surface area contributed by atoms with Gasteiger partial charge in [0.1, 0.15) is 0 Å².